The first-order valence-electron chi connectivity index (χ1n) is 4.50. The van der Waals surface area contributed by atoms with Gasteiger partial charge in [-0.3, -0.25) is 4.79 Å². The van der Waals surface area contributed by atoms with Gasteiger partial charge in [-0.15, -0.1) is 0 Å². The molecule has 0 fully saturated rings. The number of rotatable bonds is 4. The van der Waals surface area contributed by atoms with Gasteiger partial charge in [0.1, 0.15) is 0 Å². The zero-order valence-corrected chi connectivity index (χ0v) is 8.28. The zero-order chi connectivity index (χ0) is 10.7. The van der Waals surface area contributed by atoms with E-state index < -0.39 is 5.97 Å². The van der Waals surface area contributed by atoms with Crippen molar-refractivity contribution < 1.29 is 14.7 Å². The molecule has 1 heterocycles. The quantitative estimate of drug-likeness (QED) is 0.745. The lowest BCUT2D eigenvalue weighted by atomic mass is 10.2. The smallest absolute Gasteiger partial charge is 0.337 e. The van der Waals surface area contributed by atoms with Crippen LogP contribution in [0.2, 0.25) is 0 Å². The van der Waals surface area contributed by atoms with Crippen molar-refractivity contribution in [2.75, 3.05) is 0 Å². The number of carbonyl (C=O) groups excluding carboxylic acids is 1. The molecular weight excluding hydrogens is 182 g/mol. The molecule has 0 unspecified atom stereocenters. The zero-order valence-electron chi connectivity index (χ0n) is 8.28. The summed E-state index contributed by atoms with van der Waals surface area (Å²) in [6, 6.07) is 1.42. The van der Waals surface area contributed by atoms with E-state index in [1.54, 1.807) is 4.57 Å². The summed E-state index contributed by atoms with van der Waals surface area (Å²) in [5.41, 5.74) is 0.632. The van der Waals surface area contributed by atoms with Crippen LogP contribution in [0.3, 0.4) is 0 Å². The number of aromatic nitrogens is 1. The monoisotopic (exact) mass is 195 g/mol. The second kappa shape index (κ2) is 4.09. The maximum Gasteiger partial charge on any atom is 0.337 e. The first kappa shape index (κ1) is 10.5. The summed E-state index contributed by atoms with van der Waals surface area (Å²) in [4.78, 5) is 21.8. The molecule has 1 aromatic rings. The number of hydrogen-bond acceptors (Lipinski definition) is 2. The summed E-state index contributed by atoms with van der Waals surface area (Å²) in [6.45, 7) is 4.08. The Balaban J connectivity index is 3.12. The molecule has 0 aliphatic heterocycles. The Morgan fingerprint density at radius 3 is 2.57 bits per heavy atom. The summed E-state index contributed by atoms with van der Waals surface area (Å²) in [5, 5.41) is 8.75. The number of nitrogens with zero attached hydrogens (tertiary/aromatic N) is 1. The summed E-state index contributed by atoms with van der Waals surface area (Å²) in [7, 11) is 0. The predicted octanol–water partition coefficient (Wildman–Crippen LogP) is 1.80. The van der Waals surface area contributed by atoms with Crippen LogP contribution >= 0.6 is 0 Å². The van der Waals surface area contributed by atoms with Crippen molar-refractivity contribution in [1.82, 2.24) is 4.57 Å². The van der Waals surface area contributed by atoms with Crippen LogP contribution in [-0.4, -0.2) is 21.4 Å². The van der Waals surface area contributed by atoms with Gasteiger partial charge in [0.15, 0.2) is 5.78 Å². The maximum absolute atomic E-state index is 11.2. The van der Waals surface area contributed by atoms with Crippen molar-refractivity contribution in [1.29, 1.82) is 0 Å². The van der Waals surface area contributed by atoms with E-state index in [0.29, 0.717) is 12.2 Å². The minimum atomic E-state index is -0.998. The number of aryl methyl sites for hydroxylation is 1. The second-order valence-corrected chi connectivity index (χ2v) is 3.17. The Hall–Kier alpha value is -1.58. The van der Waals surface area contributed by atoms with Gasteiger partial charge in [0.2, 0.25) is 0 Å². The number of ketones is 1. The highest BCUT2D eigenvalue weighted by Gasteiger charge is 2.13. The van der Waals surface area contributed by atoms with E-state index in [2.05, 4.69) is 0 Å². The van der Waals surface area contributed by atoms with Gasteiger partial charge in [-0.05, 0) is 12.5 Å². The minimum Gasteiger partial charge on any atom is -0.478 e. The van der Waals surface area contributed by atoms with Crippen molar-refractivity contribution >= 4 is 11.8 Å². The molecule has 1 rings (SSSR count). The van der Waals surface area contributed by atoms with Crippen molar-refractivity contribution in [2.24, 2.45) is 0 Å². The second-order valence-electron chi connectivity index (χ2n) is 3.17. The molecular formula is C10H13NO3. The minimum absolute atomic E-state index is 0.106. The van der Waals surface area contributed by atoms with Crippen molar-refractivity contribution in [2.45, 2.75) is 26.8 Å². The number of hydrogen-bond donors (Lipinski definition) is 1. The Morgan fingerprint density at radius 1 is 1.50 bits per heavy atom. The summed E-state index contributed by atoms with van der Waals surface area (Å²) < 4.78 is 1.69. The lowest BCUT2D eigenvalue weighted by Gasteiger charge is -2.03. The molecule has 0 amide bonds. The molecule has 1 N–H and O–H groups in total. The molecule has 0 spiro atoms. The van der Waals surface area contributed by atoms with Crippen LogP contribution in [0.15, 0.2) is 12.3 Å². The van der Waals surface area contributed by atoms with Crippen molar-refractivity contribution in [3.05, 3.63) is 23.5 Å². The van der Waals surface area contributed by atoms with Gasteiger partial charge in [0, 0.05) is 19.7 Å². The van der Waals surface area contributed by atoms with E-state index in [-0.39, 0.29) is 11.3 Å². The first-order valence-corrected chi connectivity index (χ1v) is 4.50. The molecule has 0 saturated heterocycles. The van der Waals surface area contributed by atoms with E-state index >= 15 is 0 Å². The van der Waals surface area contributed by atoms with E-state index in [4.69, 9.17) is 5.11 Å². The third kappa shape index (κ3) is 2.02. The molecule has 4 nitrogen and oxygen atoms in total. The predicted molar refractivity (Wildman–Crippen MR) is 51.7 cm³/mol. The third-order valence-electron chi connectivity index (χ3n) is 1.97. The molecule has 0 atom stereocenters. The van der Waals surface area contributed by atoms with Crippen molar-refractivity contribution in [3.63, 3.8) is 0 Å². The summed E-state index contributed by atoms with van der Waals surface area (Å²) in [5.74, 6) is -1.10. The Labute approximate surface area is 82.2 Å². The van der Waals surface area contributed by atoms with E-state index in [1.165, 1.54) is 19.2 Å². The molecule has 76 valence electrons. The van der Waals surface area contributed by atoms with Crippen LogP contribution in [0.5, 0.6) is 0 Å². The number of aromatic carboxylic acids is 1. The van der Waals surface area contributed by atoms with Crippen LogP contribution in [0, 0.1) is 0 Å². The molecule has 0 saturated carbocycles. The topological polar surface area (TPSA) is 59.3 Å². The number of carbonyl (C=O) groups is 2. The van der Waals surface area contributed by atoms with E-state index in [1.807, 2.05) is 6.92 Å². The highest BCUT2D eigenvalue weighted by atomic mass is 16.4. The highest BCUT2D eigenvalue weighted by molar-refractivity contribution is 5.96. The SMILES string of the molecule is CCCn1cc(C(=O)O)cc1C(C)=O. The maximum atomic E-state index is 11.2. The summed E-state index contributed by atoms with van der Waals surface area (Å²) >= 11 is 0. The van der Waals surface area contributed by atoms with Gasteiger partial charge in [-0.2, -0.15) is 0 Å². The van der Waals surface area contributed by atoms with E-state index in [9.17, 15) is 9.59 Å². The average Bonchev–Trinajstić information content (AvgIpc) is 2.49. The largest absolute Gasteiger partial charge is 0.478 e. The van der Waals surface area contributed by atoms with E-state index in [0.717, 1.165) is 6.42 Å². The molecule has 0 bridgehead atoms. The van der Waals surface area contributed by atoms with Gasteiger partial charge in [0.25, 0.3) is 0 Å². The lowest BCUT2D eigenvalue weighted by Crippen LogP contribution is -2.04. The third-order valence-corrected chi connectivity index (χ3v) is 1.97. The molecule has 4 heteroatoms. The fraction of sp³-hybridized carbons (Fsp3) is 0.400. The highest BCUT2D eigenvalue weighted by Crippen LogP contribution is 2.10. The standard InChI is InChI=1S/C10H13NO3/c1-3-4-11-6-8(10(13)14)5-9(11)7(2)12/h5-6H,3-4H2,1-2H3,(H,13,14). The number of carboxylic acid groups (broad SMARTS) is 1. The molecule has 14 heavy (non-hydrogen) atoms. The summed E-state index contributed by atoms with van der Waals surface area (Å²) in [6.07, 6.45) is 2.37. The van der Waals surface area contributed by atoms with Crippen LogP contribution < -0.4 is 0 Å². The van der Waals surface area contributed by atoms with Gasteiger partial charge in [-0.25, -0.2) is 4.79 Å². The Bertz CT molecular complexity index is 365. The number of carboxylic acids is 1. The van der Waals surface area contributed by atoms with Crippen LogP contribution in [-0.2, 0) is 6.54 Å². The van der Waals surface area contributed by atoms with Crippen LogP contribution in [0.1, 0.15) is 41.1 Å². The lowest BCUT2D eigenvalue weighted by molar-refractivity contribution is 0.0696. The van der Waals surface area contributed by atoms with Gasteiger partial charge >= 0.3 is 5.97 Å². The van der Waals surface area contributed by atoms with Gasteiger partial charge in [-0.1, -0.05) is 6.92 Å². The fourth-order valence-corrected chi connectivity index (χ4v) is 1.35. The molecule has 0 aromatic carbocycles. The molecule has 1 aromatic heterocycles. The first-order chi connectivity index (χ1) is 6.56. The normalized spacial score (nSPS) is 10.1. The molecule has 0 radical (unpaired) electrons. The van der Waals surface area contributed by atoms with Crippen molar-refractivity contribution in [3.8, 4) is 0 Å². The van der Waals surface area contributed by atoms with Crippen LogP contribution in [0.25, 0.3) is 0 Å². The Morgan fingerprint density at radius 2 is 2.14 bits per heavy atom. The Kier molecular flexibility index (Phi) is 3.06. The molecule has 0 aliphatic rings. The van der Waals surface area contributed by atoms with Gasteiger partial charge < -0.3 is 9.67 Å². The molecule has 0 aliphatic carbocycles. The van der Waals surface area contributed by atoms with Gasteiger partial charge in [0.05, 0.1) is 11.3 Å². The average molecular weight is 195 g/mol. The fourth-order valence-electron chi connectivity index (χ4n) is 1.35. The van der Waals surface area contributed by atoms with Crippen LogP contribution in [0.4, 0.5) is 0 Å². The number of Topliss-reactive ketones (excluding diaryl/α,β-unsaturated/α-hetero) is 1.